The van der Waals surface area contributed by atoms with Gasteiger partial charge in [0.05, 0.1) is 5.56 Å². The van der Waals surface area contributed by atoms with Gasteiger partial charge in [0, 0.05) is 37.9 Å². The van der Waals surface area contributed by atoms with Gasteiger partial charge in [-0.15, -0.1) is 0 Å². The van der Waals surface area contributed by atoms with Gasteiger partial charge >= 0.3 is 6.18 Å². The van der Waals surface area contributed by atoms with E-state index < -0.39 is 11.7 Å². The maximum absolute atomic E-state index is 13.0. The summed E-state index contributed by atoms with van der Waals surface area (Å²) in [5.74, 6) is -0.0966. The van der Waals surface area contributed by atoms with Crippen LogP contribution in [0.3, 0.4) is 0 Å². The van der Waals surface area contributed by atoms with E-state index in [1.54, 1.807) is 6.07 Å². The first-order valence-corrected chi connectivity index (χ1v) is 9.60. The second kappa shape index (κ2) is 8.43. The Hall–Kier alpha value is -2.21. The molecule has 1 aliphatic heterocycles. The van der Waals surface area contributed by atoms with Crippen molar-refractivity contribution in [1.82, 2.24) is 4.90 Å². The summed E-state index contributed by atoms with van der Waals surface area (Å²) in [7, 11) is 2.13. The molecule has 2 aromatic carbocycles. The van der Waals surface area contributed by atoms with E-state index in [0.717, 1.165) is 32.0 Å². The van der Waals surface area contributed by atoms with E-state index in [0.29, 0.717) is 6.54 Å². The molecule has 0 bridgehead atoms. The molecule has 0 aliphatic carbocycles. The van der Waals surface area contributed by atoms with Crippen LogP contribution in [0.25, 0.3) is 0 Å². The van der Waals surface area contributed by atoms with Gasteiger partial charge in [0.2, 0.25) is 0 Å². The standard InChI is InChI=1S/C22H27F3N2O/c1-21(26(2)18-8-4-3-5-9-18)12-14-27(15-13-21)16-17-28-20-11-7-6-10-19(20)22(23,24)25/h3-11H,12-17H2,1-2H3. The van der Waals surface area contributed by atoms with Crippen LogP contribution in [0.1, 0.15) is 25.3 Å². The van der Waals surface area contributed by atoms with Crippen LogP contribution in [0.15, 0.2) is 54.6 Å². The van der Waals surface area contributed by atoms with E-state index in [4.69, 9.17) is 4.74 Å². The molecule has 1 heterocycles. The first kappa shape index (κ1) is 20.5. The number of ether oxygens (including phenoxy) is 1. The van der Waals surface area contributed by atoms with Crippen LogP contribution in [0.2, 0.25) is 0 Å². The van der Waals surface area contributed by atoms with Crippen molar-refractivity contribution in [1.29, 1.82) is 0 Å². The number of rotatable bonds is 6. The molecule has 0 N–H and O–H groups in total. The molecular formula is C22H27F3N2O. The van der Waals surface area contributed by atoms with E-state index in [-0.39, 0.29) is 17.9 Å². The lowest BCUT2D eigenvalue weighted by Crippen LogP contribution is -2.52. The summed E-state index contributed by atoms with van der Waals surface area (Å²) >= 11 is 0. The zero-order valence-electron chi connectivity index (χ0n) is 16.4. The summed E-state index contributed by atoms with van der Waals surface area (Å²) in [5.41, 5.74) is 0.554. The second-order valence-corrected chi connectivity index (χ2v) is 7.58. The van der Waals surface area contributed by atoms with E-state index >= 15 is 0 Å². The fourth-order valence-electron chi connectivity index (χ4n) is 3.67. The SMILES string of the molecule is CN(c1ccccc1)C1(C)CCN(CCOc2ccccc2C(F)(F)F)CC1. The molecule has 0 unspecified atom stereocenters. The summed E-state index contributed by atoms with van der Waals surface area (Å²) in [6.45, 7) is 4.94. The van der Waals surface area contributed by atoms with Crippen LogP contribution in [-0.2, 0) is 6.18 Å². The number of alkyl halides is 3. The maximum Gasteiger partial charge on any atom is 0.419 e. The Morgan fingerprint density at radius 1 is 1.00 bits per heavy atom. The predicted octanol–water partition coefficient (Wildman–Crippen LogP) is 5.08. The van der Waals surface area contributed by atoms with Gasteiger partial charge in [-0.3, -0.25) is 4.90 Å². The highest BCUT2D eigenvalue weighted by Gasteiger charge is 2.35. The van der Waals surface area contributed by atoms with Crippen molar-refractivity contribution >= 4 is 5.69 Å². The lowest BCUT2D eigenvalue weighted by molar-refractivity contribution is -0.139. The summed E-state index contributed by atoms with van der Waals surface area (Å²) < 4.78 is 44.6. The van der Waals surface area contributed by atoms with Crippen molar-refractivity contribution in [3.8, 4) is 5.75 Å². The van der Waals surface area contributed by atoms with Crippen molar-refractivity contribution in [3.05, 3.63) is 60.2 Å². The molecule has 0 radical (unpaired) electrons. The molecule has 3 nitrogen and oxygen atoms in total. The number of hydrogen-bond donors (Lipinski definition) is 0. The number of hydrogen-bond acceptors (Lipinski definition) is 3. The monoisotopic (exact) mass is 392 g/mol. The molecule has 0 aromatic heterocycles. The summed E-state index contributed by atoms with van der Waals surface area (Å²) in [4.78, 5) is 4.59. The highest BCUT2D eigenvalue weighted by molar-refractivity contribution is 5.48. The van der Waals surface area contributed by atoms with Crippen LogP contribution in [0.5, 0.6) is 5.75 Å². The lowest BCUT2D eigenvalue weighted by Gasteiger charge is -2.46. The predicted molar refractivity (Wildman–Crippen MR) is 106 cm³/mol. The van der Waals surface area contributed by atoms with E-state index in [1.807, 2.05) is 18.2 Å². The largest absolute Gasteiger partial charge is 0.492 e. The van der Waals surface area contributed by atoms with Crippen LogP contribution in [-0.4, -0.2) is 43.7 Å². The lowest BCUT2D eigenvalue weighted by atomic mass is 9.87. The molecule has 2 aromatic rings. The molecule has 1 fully saturated rings. The summed E-state index contributed by atoms with van der Waals surface area (Å²) in [5, 5.41) is 0. The minimum absolute atomic E-state index is 0.0710. The second-order valence-electron chi connectivity index (χ2n) is 7.58. The highest BCUT2D eigenvalue weighted by Crippen LogP contribution is 2.36. The smallest absolute Gasteiger partial charge is 0.419 e. The fraction of sp³-hybridized carbons (Fsp3) is 0.455. The van der Waals surface area contributed by atoms with Gasteiger partial charge in [-0.2, -0.15) is 13.2 Å². The number of halogens is 3. The van der Waals surface area contributed by atoms with E-state index in [1.165, 1.54) is 17.8 Å². The molecule has 0 saturated carbocycles. The Morgan fingerprint density at radius 2 is 1.61 bits per heavy atom. The third-order valence-corrected chi connectivity index (χ3v) is 5.74. The molecule has 1 aliphatic rings. The molecule has 0 atom stereocenters. The molecule has 3 rings (SSSR count). The maximum atomic E-state index is 13.0. The minimum atomic E-state index is -4.40. The van der Waals surface area contributed by atoms with Crippen molar-refractivity contribution < 1.29 is 17.9 Å². The van der Waals surface area contributed by atoms with E-state index in [2.05, 4.69) is 35.9 Å². The molecule has 0 amide bonds. The first-order chi connectivity index (χ1) is 13.3. The van der Waals surface area contributed by atoms with Crippen LogP contribution < -0.4 is 9.64 Å². The quantitative estimate of drug-likeness (QED) is 0.682. The molecule has 152 valence electrons. The van der Waals surface area contributed by atoms with Gasteiger partial charge in [-0.25, -0.2) is 0 Å². The zero-order chi connectivity index (χ0) is 20.2. The Morgan fingerprint density at radius 3 is 2.25 bits per heavy atom. The van der Waals surface area contributed by atoms with E-state index in [9.17, 15) is 13.2 Å². The number of nitrogens with zero attached hydrogens (tertiary/aromatic N) is 2. The zero-order valence-corrected chi connectivity index (χ0v) is 16.4. The van der Waals surface area contributed by atoms with Gasteiger partial charge < -0.3 is 9.64 Å². The first-order valence-electron chi connectivity index (χ1n) is 9.60. The minimum Gasteiger partial charge on any atom is -0.492 e. The molecule has 28 heavy (non-hydrogen) atoms. The number of likely N-dealkylation sites (tertiary alicyclic amines) is 1. The number of piperidine rings is 1. The Labute approximate surface area is 164 Å². The summed E-state index contributed by atoms with van der Waals surface area (Å²) in [6, 6.07) is 15.7. The average molecular weight is 392 g/mol. The van der Waals surface area contributed by atoms with Gasteiger partial charge in [-0.1, -0.05) is 30.3 Å². The van der Waals surface area contributed by atoms with Crippen molar-refractivity contribution in [2.75, 3.05) is 38.2 Å². The molecular weight excluding hydrogens is 365 g/mol. The van der Waals surface area contributed by atoms with Gasteiger partial charge in [0.1, 0.15) is 12.4 Å². The van der Waals surface area contributed by atoms with Gasteiger partial charge in [-0.05, 0) is 44.0 Å². The number of benzene rings is 2. The fourth-order valence-corrected chi connectivity index (χ4v) is 3.67. The van der Waals surface area contributed by atoms with Gasteiger partial charge in [0.25, 0.3) is 0 Å². The normalized spacial score (nSPS) is 17.3. The molecule has 1 saturated heterocycles. The van der Waals surface area contributed by atoms with Gasteiger partial charge in [0.15, 0.2) is 0 Å². The third kappa shape index (κ3) is 4.79. The van der Waals surface area contributed by atoms with Crippen LogP contribution >= 0.6 is 0 Å². The highest BCUT2D eigenvalue weighted by atomic mass is 19.4. The average Bonchev–Trinajstić information content (AvgIpc) is 2.69. The molecule has 0 spiro atoms. The molecule has 6 heteroatoms. The number of anilines is 1. The van der Waals surface area contributed by atoms with Crippen molar-refractivity contribution in [2.24, 2.45) is 0 Å². The van der Waals surface area contributed by atoms with Crippen molar-refractivity contribution in [3.63, 3.8) is 0 Å². The van der Waals surface area contributed by atoms with Crippen LogP contribution in [0, 0.1) is 0 Å². The Balaban J connectivity index is 1.50. The third-order valence-electron chi connectivity index (χ3n) is 5.74. The Kier molecular flexibility index (Phi) is 6.18. The number of para-hydroxylation sites is 2. The van der Waals surface area contributed by atoms with Crippen molar-refractivity contribution in [2.45, 2.75) is 31.5 Å². The Bertz CT molecular complexity index is 756. The summed E-state index contributed by atoms with van der Waals surface area (Å²) in [6.07, 6.45) is -2.40. The topological polar surface area (TPSA) is 15.7 Å². The van der Waals surface area contributed by atoms with Crippen LogP contribution in [0.4, 0.5) is 18.9 Å².